The first-order valence-corrected chi connectivity index (χ1v) is 13.3. The van der Waals surface area contributed by atoms with Gasteiger partial charge in [-0.3, -0.25) is 23.6 Å². The van der Waals surface area contributed by atoms with Crippen molar-refractivity contribution in [1.29, 1.82) is 5.41 Å². The van der Waals surface area contributed by atoms with Gasteiger partial charge in [0.2, 0.25) is 5.95 Å². The van der Waals surface area contributed by atoms with Crippen LogP contribution in [0.3, 0.4) is 0 Å². The van der Waals surface area contributed by atoms with Gasteiger partial charge in [-0.1, -0.05) is 0 Å². The first-order valence-electron chi connectivity index (χ1n) is 10.3. The molecule has 6 rings (SSSR count). The maximum Gasteiger partial charge on any atom is 0.481 e. The molecule has 4 aliphatic rings. The van der Waals surface area contributed by atoms with Gasteiger partial charge in [0.25, 0.3) is 0 Å². The van der Waals surface area contributed by atoms with Gasteiger partial charge >= 0.3 is 15.6 Å². The number of ether oxygens (including phenoxy) is 2. The summed E-state index contributed by atoms with van der Waals surface area (Å²) in [5, 5.41) is 50.2. The second kappa shape index (κ2) is 8.88. The van der Waals surface area contributed by atoms with Crippen molar-refractivity contribution in [2.45, 2.75) is 49.1 Å². The number of phosphoric acid groups is 2. The molecule has 2 aromatic rings. The summed E-state index contributed by atoms with van der Waals surface area (Å²) in [5.41, 5.74) is 5.41. The molecule has 0 spiro atoms. The monoisotopic (exact) mass is 556 g/mol. The van der Waals surface area contributed by atoms with Crippen LogP contribution in [0.5, 0.6) is 0 Å². The largest absolute Gasteiger partial charge is 0.481 e. The molecule has 8 bridgehead atoms. The number of hydrogen-bond acceptors (Lipinski definition) is 15. The minimum atomic E-state index is -5.28. The van der Waals surface area contributed by atoms with E-state index in [0.717, 1.165) is 15.5 Å². The molecule has 2 fully saturated rings. The van der Waals surface area contributed by atoms with Crippen molar-refractivity contribution in [2.24, 2.45) is 0 Å². The molecule has 0 aliphatic carbocycles. The van der Waals surface area contributed by atoms with Crippen molar-refractivity contribution < 1.29 is 62.2 Å². The number of rotatable bonds is 0. The zero-order chi connectivity index (χ0) is 26.2. The highest BCUT2D eigenvalue weighted by Gasteiger charge is 2.49. The molecule has 36 heavy (non-hydrogen) atoms. The summed E-state index contributed by atoms with van der Waals surface area (Å²) >= 11 is 0. The number of imidazole rings is 1. The maximum atomic E-state index is 12.2. The van der Waals surface area contributed by atoms with E-state index in [1.54, 1.807) is 0 Å². The first kappa shape index (κ1) is 25.8. The number of hydrogen-bond donors (Lipinski definition) is 8. The standard InChI is InChI=1S/C15H22N6O13P2/c16-11-6-12-18-3-20(11)13-9(24)7(22)4(32-13)1-30-35(26,27)34-36(28,29)31-2-5-8(23)10(25)14(33-5)21(12)15(17)19-6/h3-5,7-10,13-14,16,22-25H,1-2H2,(H2,17,19)(H,26,27)(H,28,29)/t4-,5+,7-,8+,9-,10+,13-,14-/m0/s1. The number of nitrogens with two attached hydrogens (primary N) is 1. The summed E-state index contributed by atoms with van der Waals surface area (Å²) in [6, 6.07) is 0. The van der Waals surface area contributed by atoms with E-state index in [4.69, 9.17) is 20.6 Å². The maximum absolute atomic E-state index is 12.2. The fourth-order valence-electron chi connectivity index (χ4n) is 4.15. The van der Waals surface area contributed by atoms with Crippen molar-refractivity contribution in [3.05, 3.63) is 11.8 Å². The molecule has 2 saturated heterocycles. The lowest BCUT2D eigenvalue weighted by Gasteiger charge is -2.21. The second-order valence-corrected chi connectivity index (χ2v) is 11.3. The number of phosphoric ester groups is 2. The van der Waals surface area contributed by atoms with Crippen LogP contribution in [-0.2, 0) is 32.0 Å². The van der Waals surface area contributed by atoms with Crippen LogP contribution in [0.2, 0.25) is 0 Å². The van der Waals surface area contributed by atoms with Crippen LogP contribution in [0.4, 0.5) is 5.95 Å². The molecule has 200 valence electrons. The fourth-order valence-corrected chi connectivity index (χ4v) is 6.24. The smallest absolute Gasteiger partial charge is 0.387 e. The molecular formula is C15H22N6O13P2. The number of nitrogen functional groups attached to an aromatic ring is 1. The Morgan fingerprint density at radius 3 is 2.06 bits per heavy atom. The van der Waals surface area contributed by atoms with Gasteiger partial charge in [-0.25, -0.2) is 19.1 Å². The molecule has 9 N–H and O–H groups in total. The van der Waals surface area contributed by atoms with Crippen LogP contribution >= 0.6 is 15.6 Å². The van der Waals surface area contributed by atoms with E-state index in [1.165, 1.54) is 0 Å². The number of aliphatic hydroxyl groups is 4. The van der Waals surface area contributed by atoms with E-state index in [1.807, 2.05) is 0 Å². The molecular weight excluding hydrogens is 534 g/mol. The average molecular weight is 556 g/mol. The van der Waals surface area contributed by atoms with E-state index in [2.05, 4.69) is 23.3 Å². The van der Waals surface area contributed by atoms with Crippen molar-refractivity contribution in [1.82, 2.24) is 19.1 Å². The molecule has 0 saturated carbocycles. The summed E-state index contributed by atoms with van der Waals surface area (Å²) in [4.78, 5) is 27.9. The van der Waals surface area contributed by atoms with Crippen LogP contribution in [0.1, 0.15) is 12.5 Å². The van der Waals surface area contributed by atoms with Crippen LogP contribution in [-0.4, -0.2) is 99.2 Å². The second-order valence-electron chi connectivity index (χ2n) is 8.22. The van der Waals surface area contributed by atoms with Crippen LogP contribution < -0.4 is 11.2 Å². The van der Waals surface area contributed by atoms with Gasteiger partial charge in [0, 0.05) is 0 Å². The normalized spacial score (nSPS) is 43.7. The van der Waals surface area contributed by atoms with E-state index in [0.29, 0.717) is 0 Å². The van der Waals surface area contributed by atoms with Gasteiger partial charge in [-0.2, -0.15) is 4.31 Å². The molecule has 19 nitrogen and oxygen atoms in total. The Kier molecular flexibility index (Phi) is 6.37. The van der Waals surface area contributed by atoms with Gasteiger partial charge in [0.15, 0.2) is 29.1 Å². The summed E-state index contributed by atoms with van der Waals surface area (Å²) < 4.78 is 51.0. The van der Waals surface area contributed by atoms with Crippen molar-refractivity contribution in [2.75, 3.05) is 18.9 Å². The first-order chi connectivity index (χ1) is 16.8. The number of aliphatic hydroxyl groups excluding tert-OH is 4. The summed E-state index contributed by atoms with van der Waals surface area (Å²) in [6.07, 6.45) is -11.4. The number of nitrogens with zero attached hydrogens (tertiary/aromatic N) is 4. The van der Waals surface area contributed by atoms with Gasteiger partial charge in [0.05, 0.1) is 13.2 Å². The number of anilines is 1. The minimum absolute atomic E-state index is 0.0574. The van der Waals surface area contributed by atoms with Gasteiger partial charge in [0.1, 0.15) is 43.0 Å². The lowest BCUT2D eigenvalue weighted by molar-refractivity contribution is -0.0563. The molecule has 0 radical (unpaired) electrons. The molecule has 0 aromatic carbocycles. The molecule has 21 heteroatoms. The number of nitrogens with one attached hydrogen (secondary N) is 1. The summed E-state index contributed by atoms with van der Waals surface area (Å²) in [7, 11) is -10.6. The van der Waals surface area contributed by atoms with Gasteiger partial charge in [-0.05, 0) is 0 Å². The predicted molar refractivity (Wildman–Crippen MR) is 110 cm³/mol. The molecule has 0 amide bonds. The third-order valence-corrected chi connectivity index (χ3v) is 8.52. The third-order valence-electron chi connectivity index (χ3n) is 5.91. The summed E-state index contributed by atoms with van der Waals surface area (Å²) in [6.45, 7) is -1.77. The predicted octanol–water partition coefficient (Wildman–Crippen LogP) is -3.20. The Hall–Kier alpha value is -1.83. The minimum Gasteiger partial charge on any atom is -0.387 e. The molecule has 10 atom stereocenters. The van der Waals surface area contributed by atoms with Gasteiger partial charge in [-0.15, -0.1) is 0 Å². The fraction of sp³-hybridized carbons (Fsp3) is 0.667. The zero-order valence-electron chi connectivity index (χ0n) is 17.9. The Balaban J connectivity index is 1.61. The highest BCUT2D eigenvalue weighted by Crippen LogP contribution is 2.60. The SMILES string of the molecule is N=c1c2nc(N)n3c2ncn1[C@H]1O[C@@H](COP(=O)(O)OP(=O)(O)OC[C@H]2O[C@H]3[C@H](O)[C@@H]2O)[C@H](O)[C@@H]1O. The molecule has 2 unspecified atom stereocenters. The Bertz CT molecular complexity index is 1330. The van der Waals surface area contributed by atoms with Crippen molar-refractivity contribution in [3.63, 3.8) is 0 Å². The highest BCUT2D eigenvalue weighted by atomic mass is 31.3. The van der Waals surface area contributed by atoms with Crippen LogP contribution in [0.25, 0.3) is 11.2 Å². The Morgan fingerprint density at radius 1 is 0.944 bits per heavy atom. The van der Waals surface area contributed by atoms with E-state index < -0.39 is 77.9 Å². The lowest BCUT2D eigenvalue weighted by Crippen LogP contribution is -2.36. The van der Waals surface area contributed by atoms with Gasteiger partial charge < -0.3 is 45.4 Å². The van der Waals surface area contributed by atoms with Crippen LogP contribution in [0.15, 0.2) is 6.33 Å². The topological polar surface area (TPSA) is 287 Å². The number of aromatic nitrogens is 4. The molecule has 4 aliphatic heterocycles. The summed E-state index contributed by atoms with van der Waals surface area (Å²) in [5.74, 6) is -0.281. The Morgan fingerprint density at radius 2 is 1.47 bits per heavy atom. The zero-order valence-corrected chi connectivity index (χ0v) is 19.7. The van der Waals surface area contributed by atoms with E-state index in [9.17, 15) is 39.3 Å². The van der Waals surface area contributed by atoms with Crippen molar-refractivity contribution in [3.8, 4) is 0 Å². The van der Waals surface area contributed by atoms with E-state index >= 15 is 0 Å². The van der Waals surface area contributed by atoms with Crippen molar-refractivity contribution >= 4 is 32.8 Å². The average Bonchev–Trinajstić information content (AvgIpc) is 3.37. The molecule has 6 heterocycles. The van der Waals surface area contributed by atoms with Crippen LogP contribution in [0, 0.1) is 5.41 Å². The number of fused-ring (bicyclic) bond motifs is 7. The Labute approximate surface area is 199 Å². The quantitative estimate of drug-likeness (QED) is 0.148. The highest BCUT2D eigenvalue weighted by molar-refractivity contribution is 7.61. The molecule has 2 aromatic heterocycles. The third kappa shape index (κ3) is 4.31. The lowest BCUT2D eigenvalue weighted by atomic mass is 10.1. The van der Waals surface area contributed by atoms with E-state index in [-0.39, 0.29) is 22.6 Å².